The lowest BCUT2D eigenvalue weighted by atomic mass is 9.96. The molecule has 1 aliphatic heterocycles. The Balaban J connectivity index is 1.72. The summed E-state index contributed by atoms with van der Waals surface area (Å²) in [6, 6.07) is 20.7. The van der Waals surface area contributed by atoms with Gasteiger partial charge in [0.05, 0.1) is 29.2 Å². The lowest BCUT2D eigenvalue weighted by Gasteiger charge is -2.29. The molecule has 0 saturated carbocycles. The second-order valence-electron chi connectivity index (χ2n) is 8.24. The van der Waals surface area contributed by atoms with Crippen LogP contribution < -0.4 is 10.2 Å². The number of thiocarbonyl (C=S) groups is 1. The highest BCUT2D eigenvalue weighted by molar-refractivity contribution is 9.10. The fraction of sp³-hybridized carbons (Fsp3) is 0.154. The van der Waals surface area contributed by atoms with Gasteiger partial charge >= 0.3 is 0 Å². The number of phenols is 1. The smallest absolute Gasteiger partial charge is 0.174 e. The molecule has 2 N–H and O–H groups in total. The Morgan fingerprint density at radius 2 is 1.79 bits per heavy atom. The topological polar surface area (TPSA) is 53.3 Å². The first-order valence-corrected chi connectivity index (χ1v) is 12.4. The molecule has 2 atom stereocenters. The van der Waals surface area contributed by atoms with Crippen molar-refractivity contribution in [2.75, 3.05) is 4.90 Å². The summed E-state index contributed by atoms with van der Waals surface area (Å²) < 4.78 is 3.24. The van der Waals surface area contributed by atoms with Gasteiger partial charge in [-0.2, -0.15) is 0 Å². The molecule has 0 aliphatic carbocycles. The Morgan fingerprint density at radius 3 is 2.53 bits per heavy atom. The minimum Gasteiger partial charge on any atom is -0.506 e. The maximum atomic E-state index is 10.8. The Labute approximate surface area is 217 Å². The van der Waals surface area contributed by atoms with Crippen molar-refractivity contribution in [3.05, 3.63) is 105 Å². The zero-order valence-electron chi connectivity index (χ0n) is 18.5. The van der Waals surface area contributed by atoms with Crippen LogP contribution in [0.5, 0.6) is 5.75 Å². The maximum absolute atomic E-state index is 10.8. The van der Waals surface area contributed by atoms with Crippen LogP contribution >= 0.6 is 39.7 Å². The van der Waals surface area contributed by atoms with Crippen LogP contribution in [0, 0.1) is 13.8 Å². The van der Waals surface area contributed by atoms with Gasteiger partial charge in [0.15, 0.2) is 5.11 Å². The van der Waals surface area contributed by atoms with Crippen molar-refractivity contribution in [3.63, 3.8) is 0 Å². The third-order valence-corrected chi connectivity index (χ3v) is 7.40. The molecule has 0 bridgehead atoms. The molecule has 4 aromatic rings. The lowest BCUT2D eigenvalue weighted by molar-refractivity contribution is 0.472. The number of nitrogens with one attached hydrogen (secondary N) is 1. The standard InChI is InChI=1S/C26H22BrClN4OS/c1-15-13-18(16(2)31(15)21-9-4-3-7-19(21)27)25-24(20-8-5-6-12-29-20)30-26(34)32(25)22-14-17(28)10-11-23(22)33/h3-14,24-25,33H,1-2H3,(H,30,34)/t24-,25-/m0/s1. The summed E-state index contributed by atoms with van der Waals surface area (Å²) in [6.07, 6.45) is 1.78. The van der Waals surface area contributed by atoms with E-state index in [0.717, 1.165) is 32.8 Å². The number of halogens is 2. The van der Waals surface area contributed by atoms with E-state index in [-0.39, 0.29) is 17.8 Å². The highest BCUT2D eigenvalue weighted by atomic mass is 79.9. The van der Waals surface area contributed by atoms with Crippen molar-refractivity contribution in [2.45, 2.75) is 25.9 Å². The summed E-state index contributed by atoms with van der Waals surface area (Å²) >= 11 is 15.8. The van der Waals surface area contributed by atoms with E-state index >= 15 is 0 Å². The van der Waals surface area contributed by atoms with Crippen LogP contribution in [0.2, 0.25) is 5.02 Å². The first-order valence-electron chi connectivity index (χ1n) is 10.8. The second kappa shape index (κ2) is 9.06. The van der Waals surface area contributed by atoms with E-state index < -0.39 is 0 Å². The molecule has 5 nitrogen and oxygen atoms in total. The molecule has 2 aromatic heterocycles. The summed E-state index contributed by atoms with van der Waals surface area (Å²) in [4.78, 5) is 6.57. The normalized spacial score (nSPS) is 17.8. The van der Waals surface area contributed by atoms with Gasteiger partial charge in [-0.25, -0.2) is 0 Å². The Bertz CT molecular complexity index is 1390. The molecule has 1 aliphatic rings. The van der Waals surface area contributed by atoms with Crippen LogP contribution in [0.4, 0.5) is 5.69 Å². The highest BCUT2D eigenvalue weighted by Gasteiger charge is 2.43. The molecule has 8 heteroatoms. The van der Waals surface area contributed by atoms with Gasteiger partial charge in [0, 0.05) is 27.1 Å². The molecule has 5 rings (SSSR count). The van der Waals surface area contributed by atoms with Gasteiger partial charge in [-0.05, 0) is 96.1 Å². The number of rotatable bonds is 4. The monoisotopic (exact) mass is 552 g/mol. The number of benzene rings is 2. The third-order valence-electron chi connectivity index (χ3n) is 6.18. The van der Waals surface area contributed by atoms with Crippen molar-refractivity contribution >= 4 is 50.5 Å². The van der Waals surface area contributed by atoms with Gasteiger partial charge < -0.3 is 19.9 Å². The first-order chi connectivity index (χ1) is 16.4. The van der Waals surface area contributed by atoms with Crippen LogP contribution in [-0.4, -0.2) is 19.8 Å². The number of para-hydroxylation sites is 1. The van der Waals surface area contributed by atoms with Gasteiger partial charge in [-0.3, -0.25) is 4.98 Å². The zero-order valence-corrected chi connectivity index (χ0v) is 21.7. The number of hydrogen-bond acceptors (Lipinski definition) is 3. The van der Waals surface area contributed by atoms with Gasteiger partial charge in [0.25, 0.3) is 0 Å². The number of nitrogens with zero attached hydrogens (tertiary/aromatic N) is 3. The molecule has 0 unspecified atom stereocenters. The molecule has 1 fully saturated rings. The van der Waals surface area contributed by atoms with Crippen molar-refractivity contribution in [1.29, 1.82) is 0 Å². The zero-order chi connectivity index (χ0) is 24.0. The summed E-state index contributed by atoms with van der Waals surface area (Å²) in [5, 5.41) is 15.2. The number of aromatic nitrogens is 2. The number of aromatic hydroxyl groups is 1. The third kappa shape index (κ3) is 3.87. The van der Waals surface area contributed by atoms with E-state index in [1.54, 1.807) is 24.4 Å². The van der Waals surface area contributed by atoms with Gasteiger partial charge in [-0.15, -0.1) is 0 Å². The number of aryl methyl sites for hydroxylation is 1. The molecule has 0 spiro atoms. The fourth-order valence-electron chi connectivity index (χ4n) is 4.71. The molecule has 3 heterocycles. The first kappa shape index (κ1) is 22.9. The van der Waals surface area contributed by atoms with Crippen LogP contribution in [0.3, 0.4) is 0 Å². The Morgan fingerprint density at radius 1 is 1.03 bits per heavy atom. The Hall–Kier alpha value is -2.87. The van der Waals surface area contributed by atoms with E-state index in [9.17, 15) is 5.11 Å². The molecule has 1 saturated heterocycles. The molecule has 2 aromatic carbocycles. The van der Waals surface area contributed by atoms with Crippen LogP contribution in [-0.2, 0) is 0 Å². The van der Waals surface area contributed by atoms with Gasteiger partial charge in [0.2, 0.25) is 0 Å². The van der Waals surface area contributed by atoms with Gasteiger partial charge in [-0.1, -0.05) is 29.8 Å². The van der Waals surface area contributed by atoms with Crippen molar-refractivity contribution < 1.29 is 5.11 Å². The van der Waals surface area contributed by atoms with E-state index in [1.165, 1.54) is 0 Å². The van der Waals surface area contributed by atoms with E-state index in [4.69, 9.17) is 23.8 Å². The number of anilines is 1. The predicted molar refractivity (Wildman–Crippen MR) is 144 cm³/mol. The minimum absolute atomic E-state index is 0.111. The average Bonchev–Trinajstić information content (AvgIpc) is 3.32. The summed E-state index contributed by atoms with van der Waals surface area (Å²) in [5.41, 5.74) is 5.73. The average molecular weight is 554 g/mol. The van der Waals surface area contributed by atoms with Crippen LogP contribution in [0.1, 0.15) is 34.7 Å². The fourth-order valence-corrected chi connectivity index (χ4v) is 5.68. The van der Waals surface area contributed by atoms with Crippen molar-refractivity contribution in [1.82, 2.24) is 14.9 Å². The number of phenolic OH excluding ortho intramolecular Hbond substituents is 1. The molecule has 0 radical (unpaired) electrons. The molecular formula is C26H22BrClN4OS. The second-order valence-corrected chi connectivity index (χ2v) is 9.92. The largest absolute Gasteiger partial charge is 0.506 e. The van der Waals surface area contributed by atoms with Crippen LogP contribution in [0.25, 0.3) is 5.69 Å². The van der Waals surface area contributed by atoms with Gasteiger partial charge in [0.1, 0.15) is 5.75 Å². The molecule has 34 heavy (non-hydrogen) atoms. The summed E-state index contributed by atoms with van der Waals surface area (Å²) in [7, 11) is 0. The van der Waals surface area contributed by atoms with Crippen molar-refractivity contribution in [2.24, 2.45) is 0 Å². The summed E-state index contributed by atoms with van der Waals surface area (Å²) in [6.45, 7) is 4.20. The van der Waals surface area contributed by atoms with Crippen LogP contribution in [0.15, 0.2) is 77.4 Å². The quantitative estimate of drug-likeness (QED) is 0.273. The predicted octanol–water partition coefficient (Wildman–Crippen LogP) is 6.79. The lowest BCUT2D eigenvalue weighted by Crippen LogP contribution is -2.29. The molecular weight excluding hydrogens is 532 g/mol. The molecule has 0 amide bonds. The minimum atomic E-state index is -0.255. The highest BCUT2D eigenvalue weighted by Crippen LogP contribution is 2.46. The van der Waals surface area contributed by atoms with E-state index in [1.807, 2.05) is 41.3 Å². The number of pyridine rings is 1. The summed E-state index contributed by atoms with van der Waals surface area (Å²) in [5.74, 6) is 0.111. The number of hydrogen-bond donors (Lipinski definition) is 2. The van der Waals surface area contributed by atoms with Crippen molar-refractivity contribution in [3.8, 4) is 11.4 Å². The van der Waals surface area contributed by atoms with E-state index in [0.29, 0.717) is 15.8 Å². The SMILES string of the molecule is Cc1cc([C@H]2[C@H](c3ccccn3)NC(=S)N2c2cc(Cl)ccc2O)c(C)n1-c1ccccc1Br. The maximum Gasteiger partial charge on any atom is 0.174 e. The molecule has 172 valence electrons. The Kier molecular flexibility index (Phi) is 6.10. The van der Waals surface area contributed by atoms with E-state index in [2.05, 4.69) is 56.8 Å².